The van der Waals surface area contributed by atoms with Crippen LogP contribution in [-0.2, 0) is 10.2 Å². The van der Waals surface area contributed by atoms with Crippen LogP contribution in [0.15, 0.2) is 40.9 Å². The van der Waals surface area contributed by atoms with Gasteiger partial charge in [0.25, 0.3) is 5.91 Å². The largest absolute Gasteiger partial charge is 0.376 e. The summed E-state index contributed by atoms with van der Waals surface area (Å²) >= 11 is 0. The molecular weight excluding hydrogens is 340 g/mol. The highest BCUT2D eigenvalue weighted by molar-refractivity contribution is 5.92. The van der Waals surface area contributed by atoms with Crippen molar-refractivity contribution in [2.75, 3.05) is 13.2 Å². The molecule has 1 fully saturated rings. The fourth-order valence-corrected chi connectivity index (χ4v) is 4.05. The maximum Gasteiger partial charge on any atom is 0.273 e. The average Bonchev–Trinajstić information content (AvgIpc) is 3.12. The van der Waals surface area contributed by atoms with Gasteiger partial charge >= 0.3 is 0 Å². The molecule has 1 atom stereocenters. The number of carbonyl (C=O) groups excluding carboxylic acids is 1. The molecule has 1 aromatic heterocycles. The topological polar surface area (TPSA) is 64.4 Å². The van der Waals surface area contributed by atoms with Crippen LogP contribution in [0.25, 0.3) is 0 Å². The summed E-state index contributed by atoms with van der Waals surface area (Å²) in [6.07, 6.45) is 2.75. The Morgan fingerprint density at radius 1 is 1.26 bits per heavy atom. The molecule has 3 rings (SSSR count). The van der Waals surface area contributed by atoms with Crippen molar-refractivity contribution in [3.05, 3.63) is 53.4 Å². The molecule has 27 heavy (non-hydrogen) atoms. The van der Waals surface area contributed by atoms with Gasteiger partial charge in [-0.1, -0.05) is 49.3 Å². The quantitative estimate of drug-likeness (QED) is 0.816. The first-order valence-corrected chi connectivity index (χ1v) is 9.76. The molecule has 1 N–H and O–H groups in total. The third kappa shape index (κ3) is 4.59. The molecule has 1 aliphatic rings. The molecule has 0 bridgehead atoms. The van der Waals surface area contributed by atoms with Crippen LogP contribution in [0.2, 0.25) is 0 Å². The van der Waals surface area contributed by atoms with Crippen LogP contribution in [-0.4, -0.2) is 29.8 Å². The first kappa shape index (κ1) is 19.6. The fraction of sp³-hybridized carbons (Fsp3) is 0.545. The Morgan fingerprint density at radius 2 is 2.00 bits per heavy atom. The van der Waals surface area contributed by atoms with Crippen molar-refractivity contribution >= 4 is 5.91 Å². The number of aromatic nitrogens is 1. The van der Waals surface area contributed by atoms with Crippen molar-refractivity contribution < 1.29 is 14.1 Å². The first-order valence-electron chi connectivity index (χ1n) is 9.76. The fourth-order valence-electron chi connectivity index (χ4n) is 4.05. The number of rotatable bonds is 6. The van der Waals surface area contributed by atoms with Gasteiger partial charge in [-0.05, 0) is 38.7 Å². The number of amides is 1. The Labute approximate surface area is 161 Å². The number of nitrogens with one attached hydrogen (secondary N) is 1. The molecule has 0 saturated carbocycles. The number of hydrogen-bond donors (Lipinski definition) is 1. The zero-order valence-corrected chi connectivity index (χ0v) is 16.7. The summed E-state index contributed by atoms with van der Waals surface area (Å²) in [5.41, 5.74) is 1.50. The van der Waals surface area contributed by atoms with Crippen molar-refractivity contribution in [1.29, 1.82) is 0 Å². The van der Waals surface area contributed by atoms with Gasteiger partial charge in [0.1, 0.15) is 5.76 Å². The van der Waals surface area contributed by atoms with Gasteiger partial charge in [-0.2, -0.15) is 0 Å². The van der Waals surface area contributed by atoms with Crippen LogP contribution in [0.1, 0.15) is 74.7 Å². The Bertz CT molecular complexity index is 767. The molecule has 1 aromatic carbocycles. The monoisotopic (exact) mass is 370 g/mol. The van der Waals surface area contributed by atoms with Gasteiger partial charge < -0.3 is 14.6 Å². The number of hydrogen-bond acceptors (Lipinski definition) is 4. The van der Waals surface area contributed by atoms with Gasteiger partial charge in [-0.15, -0.1) is 0 Å². The van der Waals surface area contributed by atoms with Crippen molar-refractivity contribution in [2.24, 2.45) is 0 Å². The number of carbonyl (C=O) groups is 1. The predicted octanol–water partition coefficient (Wildman–Crippen LogP) is 4.44. The van der Waals surface area contributed by atoms with E-state index in [1.54, 1.807) is 6.07 Å². The Hall–Kier alpha value is -2.14. The van der Waals surface area contributed by atoms with Crippen molar-refractivity contribution in [3.8, 4) is 0 Å². The van der Waals surface area contributed by atoms with Crippen molar-refractivity contribution in [3.63, 3.8) is 0 Å². The summed E-state index contributed by atoms with van der Waals surface area (Å²) in [4.78, 5) is 12.4. The predicted molar refractivity (Wildman–Crippen MR) is 105 cm³/mol. The number of ether oxygens (including phenoxy) is 1. The Morgan fingerprint density at radius 3 is 2.63 bits per heavy atom. The highest BCUT2D eigenvalue weighted by atomic mass is 16.5. The van der Waals surface area contributed by atoms with E-state index in [2.05, 4.69) is 48.6 Å². The van der Waals surface area contributed by atoms with Crippen LogP contribution in [0.3, 0.4) is 0 Å². The molecule has 2 aromatic rings. The molecule has 1 saturated heterocycles. The van der Waals surface area contributed by atoms with Crippen LogP contribution >= 0.6 is 0 Å². The molecule has 1 amide bonds. The Balaban J connectivity index is 1.69. The lowest BCUT2D eigenvalue weighted by Crippen LogP contribution is -2.45. The van der Waals surface area contributed by atoms with Crippen molar-refractivity contribution in [2.45, 2.75) is 63.9 Å². The first-order chi connectivity index (χ1) is 12.8. The molecule has 1 unspecified atom stereocenters. The molecule has 5 nitrogen and oxygen atoms in total. The van der Waals surface area contributed by atoms with E-state index in [0.717, 1.165) is 31.6 Å². The summed E-state index contributed by atoms with van der Waals surface area (Å²) in [6.45, 7) is 9.64. The number of benzene rings is 1. The molecule has 0 radical (unpaired) electrons. The average molecular weight is 370 g/mol. The SMILES string of the molecule is CC(C)c1cc(C(=O)NCCC2(c3ccccc3)CCOC(C)(C)C2)no1. The van der Waals surface area contributed by atoms with E-state index in [1.807, 2.05) is 19.9 Å². The second kappa shape index (κ2) is 7.85. The summed E-state index contributed by atoms with van der Waals surface area (Å²) in [5, 5.41) is 6.91. The third-order valence-electron chi connectivity index (χ3n) is 5.44. The zero-order chi connectivity index (χ0) is 19.5. The standard InChI is InChI=1S/C22H30N2O3/c1-16(2)19-14-18(24-27-19)20(25)23-12-10-22(17-8-6-5-7-9-17)11-13-26-21(3,4)15-22/h5-9,14,16H,10-13,15H2,1-4H3,(H,23,25). The van der Waals surface area contributed by atoms with Gasteiger partial charge in [-0.25, -0.2) is 0 Å². The van der Waals surface area contributed by atoms with E-state index in [-0.39, 0.29) is 22.8 Å². The minimum absolute atomic E-state index is 0.00318. The van der Waals surface area contributed by atoms with Gasteiger partial charge in [0.2, 0.25) is 0 Å². The lowest BCUT2D eigenvalue weighted by Gasteiger charge is -2.45. The summed E-state index contributed by atoms with van der Waals surface area (Å²) in [5.74, 6) is 0.761. The second-order valence-electron chi connectivity index (χ2n) is 8.46. The molecule has 0 spiro atoms. The van der Waals surface area contributed by atoms with E-state index in [4.69, 9.17) is 9.26 Å². The van der Waals surface area contributed by atoms with E-state index in [0.29, 0.717) is 12.2 Å². The molecule has 2 heterocycles. The lowest BCUT2D eigenvalue weighted by atomic mass is 9.67. The normalized spacial score (nSPS) is 22.0. The van der Waals surface area contributed by atoms with E-state index >= 15 is 0 Å². The summed E-state index contributed by atoms with van der Waals surface area (Å²) < 4.78 is 11.2. The van der Waals surface area contributed by atoms with Crippen LogP contribution < -0.4 is 5.32 Å². The van der Waals surface area contributed by atoms with Crippen LogP contribution in [0, 0.1) is 0 Å². The van der Waals surface area contributed by atoms with Crippen LogP contribution in [0.5, 0.6) is 0 Å². The molecule has 1 aliphatic heterocycles. The maximum absolute atomic E-state index is 12.4. The van der Waals surface area contributed by atoms with Gasteiger partial charge in [0.05, 0.1) is 5.60 Å². The van der Waals surface area contributed by atoms with Gasteiger partial charge in [0, 0.05) is 30.6 Å². The molecule has 0 aliphatic carbocycles. The molecule has 5 heteroatoms. The highest BCUT2D eigenvalue weighted by Crippen LogP contribution is 2.43. The molecular formula is C22H30N2O3. The van der Waals surface area contributed by atoms with E-state index in [9.17, 15) is 4.79 Å². The number of nitrogens with zero attached hydrogens (tertiary/aromatic N) is 1. The van der Waals surface area contributed by atoms with E-state index < -0.39 is 0 Å². The minimum Gasteiger partial charge on any atom is -0.376 e. The maximum atomic E-state index is 12.4. The highest BCUT2D eigenvalue weighted by Gasteiger charge is 2.41. The summed E-state index contributed by atoms with van der Waals surface area (Å²) in [6, 6.07) is 12.3. The van der Waals surface area contributed by atoms with Crippen molar-refractivity contribution in [1.82, 2.24) is 10.5 Å². The van der Waals surface area contributed by atoms with Crippen LogP contribution in [0.4, 0.5) is 0 Å². The lowest BCUT2D eigenvalue weighted by molar-refractivity contribution is -0.0838. The second-order valence-corrected chi connectivity index (χ2v) is 8.46. The summed E-state index contributed by atoms with van der Waals surface area (Å²) in [7, 11) is 0. The Kier molecular flexibility index (Phi) is 5.70. The smallest absolute Gasteiger partial charge is 0.273 e. The minimum atomic E-state index is -0.180. The molecule has 146 valence electrons. The van der Waals surface area contributed by atoms with E-state index in [1.165, 1.54) is 5.56 Å². The third-order valence-corrected chi connectivity index (χ3v) is 5.44. The van der Waals surface area contributed by atoms with Gasteiger partial charge in [-0.3, -0.25) is 4.79 Å². The van der Waals surface area contributed by atoms with Gasteiger partial charge in [0.15, 0.2) is 5.69 Å². The zero-order valence-electron chi connectivity index (χ0n) is 16.7.